The van der Waals surface area contributed by atoms with Gasteiger partial charge >= 0.3 is 0 Å². The molecule has 4 N–H and O–H groups in total. The van der Waals surface area contributed by atoms with Crippen LogP contribution >= 0.6 is 0 Å². The lowest BCUT2D eigenvalue weighted by molar-refractivity contribution is 0.559. The molecule has 1 aromatic heterocycles. The number of hydrogen-bond donors (Lipinski definition) is 3. The summed E-state index contributed by atoms with van der Waals surface area (Å²) in [7, 11) is -2.85. The molecule has 1 aromatic rings. The molecule has 1 fully saturated rings. The van der Waals surface area contributed by atoms with E-state index >= 15 is 0 Å². The Balaban J connectivity index is 2.00. The second-order valence-electron chi connectivity index (χ2n) is 4.99. The Bertz CT molecular complexity index is 547. The summed E-state index contributed by atoms with van der Waals surface area (Å²) in [6.07, 6.45) is 2.20. The molecule has 0 amide bonds. The van der Waals surface area contributed by atoms with Crippen LogP contribution in [-0.2, 0) is 9.84 Å². The van der Waals surface area contributed by atoms with Gasteiger partial charge in [0.25, 0.3) is 0 Å². The monoisotopic (exact) mass is 299 g/mol. The molecule has 1 aliphatic heterocycles. The summed E-state index contributed by atoms with van der Waals surface area (Å²) >= 11 is 0. The van der Waals surface area contributed by atoms with Crippen molar-refractivity contribution in [3.8, 4) is 0 Å². The van der Waals surface area contributed by atoms with Gasteiger partial charge in [0.2, 0.25) is 5.95 Å². The van der Waals surface area contributed by atoms with E-state index in [4.69, 9.17) is 5.73 Å². The third-order valence-corrected chi connectivity index (χ3v) is 4.92. The maximum absolute atomic E-state index is 11.4. The summed E-state index contributed by atoms with van der Waals surface area (Å²) in [5, 5.41) is 6.40. The lowest BCUT2D eigenvalue weighted by atomic mass is 10.1. The van der Waals surface area contributed by atoms with E-state index in [0.717, 1.165) is 13.0 Å². The van der Waals surface area contributed by atoms with Crippen LogP contribution in [0, 0.1) is 0 Å². The van der Waals surface area contributed by atoms with E-state index in [-0.39, 0.29) is 23.5 Å². The number of aromatic nitrogens is 2. The molecule has 20 heavy (non-hydrogen) atoms. The third kappa shape index (κ3) is 4.22. The van der Waals surface area contributed by atoms with Crippen molar-refractivity contribution in [3.05, 3.63) is 6.07 Å². The first-order valence-electron chi connectivity index (χ1n) is 6.84. The van der Waals surface area contributed by atoms with Crippen molar-refractivity contribution in [3.63, 3.8) is 0 Å². The molecular formula is C12H21N5O2S. The number of hydrogen-bond acceptors (Lipinski definition) is 7. The third-order valence-electron chi connectivity index (χ3n) is 3.21. The predicted octanol–water partition coefficient (Wildman–Crippen LogP) is 0.870. The van der Waals surface area contributed by atoms with Crippen molar-refractivity contribution in [1.29, 1.82) is 0 Å². The average molecular weight is 299 g/mol. The molecule has 0 radical (unpaired) electrons. The number of sulfone groups is 1. The number of nitrogens with zero attached hydrogens (tertiary/aromatic N) is 2. The van der Waals surface area contributed by atoms with Crippen molar-refractivity contribution in [2.45, 2.75) is 32.2 Å². The second-order valence-corrected chi connectivity index (χ2v) is 7.30. The van der Waals surface area contributed by atoms with Crippen LogP contribution in [0.25, 0.3) is 0 Å². The molecule has 0 bridgehead atoms. The van der Waals surface area contributed by atoms with E-state index in [0.29, 0.717) is 24.5 Å². The second kappa shape index (κ2) is 6.25. The Morgan fingerprint density at radius 1 is 1.30 bits per heavy atom. The molecule has 0 spiro atoms. The molecule has 112 valence electrons. The van der Waals surface area contributed by atoms with Crippen LogP contribution in [0.3, 0.4) is 0 Å². The molecule has 1 aliphatic rings. The fourth-order valence-corrected chi connectivity index (χ4v) is 3.62. The Hall–Kier alpha value is -1.57. The summed E-state index contributed by atoms with van der Waals surface area (Å²) in [6.45, 7) is 2.89. The maximum Gasteiger partial charge on any atom is 0.223 e. The fraction of sp³-hybridized carbons (Fsp3) is 0.667. The maximum atomic E-state index is 11.4. The minimum Gasteiger partial charge on any atom is -0.370 e. The summed E-state index contributed by atoms with van der Waals surface area (Å²) in [4.78, 5) is 8.25. The Morgan fingerprint density at radius 2 is 1.95 bits per heavy atom. The topological polar surface area (TPSA) is 110 Å². The van der Waals surface area contributed by atoms with E-state index in [9.17, 15) is 8.42 Å². The lowest BCUT2D eigenvalue weighted by Gasteiger charge is -2.23. The van der Waals surface area contributed by atoms with Crippen molar-refractivity contribution in [2.24, 2.45) is 0 Å². The van der Waals surface area contributed by atoms with Gasteiger partial charge in [-0.2, -0.15) is 9.97 Å². The fourth-order valence-electron chi connectivity index (χ4n) is 2.13. The van der Waals surface area contributed by atoms with Gasteiger partial charge in [-0.05, 0) is 19.3 Å². The van der Waals surface area contributed by atoms with Crippen LogP contribution < -0.4 is 16.4 Å². The molecule has 7 nitrogen and oxygen atoms in total. The van der Waals surface area contributed by atoms with Crippen molar-refractivity contribution in [2.75, 3.05) is 34.4 Å². The highest BCUT2D eigenvalue weighted by molar-refractivity contribution is 7.91. The Labute approximate surface area is 119 Å². The van der Waals surface area contributed by atoms with Crippen molar-refractivity contribution < 1.29 is 8.42 Å². The van der Waals surface area contributed by atoms with Gasteiger partial charge in [-0.3, -0.25) is 0 Å². The summed E-state index contributed by atoms with van der Waals surface area (Å²) < 4.78 is 22.8. The van der Waals surface area contributed by atoms with Gasteiger partial charge in [0.05, 0.1) is 11.5 Å². The normalized spacial score (nSPS) is 18.6. The van der Waals surface area contributed by atoms with E-state index < -0.39 is 9.84 Å². The molecule has 0 aromatic carbocycles. The van der Waals surface area contributed by atoms with E-state index in [1.165, 1.54) is 0 Å². The van der Waals surface area contributed by atoms with Crippen molar-refractivity contribution >= 4 is 27.4 Å². The minimum atomic E-state index is -2.85. The Kier molecular flexibility index (Phi) is 4.64. The summed E-state index contributed by atoms with van der Waals surface area (Å²) in [5.41, 5.74) is 5.68. The minimum absolute atomic E-state index is 0.117. The first-order valence-corrected chi connectivity index (χ1v) is 8.66. The predicted molar refractivity (Wildman–Crippen MR) is 80.5 cm³/mol. The van der Waals surface area contributed by atoms with E-state index in [1.54, 1.807) is 6.07 Å². The average Bonchev–Trinajstić information content (AvgIpc) is 2.38. The van der Waals surface area contributed by atoms with Crippen LogP contribution in [0.1, 0.15) is 26.2 Å². The van der Waals surface area contributed by atoms with Gasteiger partial charge in [0, 0.05) is 18.7 Å². The van der Waals surface area contributed by atoms with Crippen LogP contribution in [0.4, 0.5) is 17.6 Å². The molecule has 8 heteroatoms. The first kappa shape index (κ1) is 14.8. The van der Waals surface area contributed by atoms with E-state index in [1.807, 2.05) is 0 Å². The molecule has 0 aliphatic carbocycles. The molecule has 2 rings (SSSR count). The molecular weight excluding hydrogens is 278 g/mol. The lowest BCUT2D eigenvalue weighted by Crippen LogP contribution is -2.32. The van der Waals surface area contributed by atoms with E-state index in [2.05, 4.69) is 27.5 Å². The highest BCUT2D eigenvalue weighted by Gasteiger charge is 2.23. The SMILES string of the molecule is CCCNc1cc(NC2CCS(=O)(=O)CC2)nc(N)n1. The zero-order valence-electron chi connectivity index (χ0n) is 11.6. The molecule has 1 saturated heterocycles. The van der Waals surface area contributed by atoms with Crippen LogP contribution in [-0.4, -0.2) is 42.5 Å². The van der Waals surface area contributed by atoms with Crippen LogP contribution in [0.2, 0.25) is 0 Å². The zero-order valence-corrected chi connectivity index (χ0v) is 12.4. The van der Waals surface area contributed by atoms with Gasteiger partial charge in [-0.1, -0.05) is 6.92 Å². The Morgan fingerprint density at radius 3 is 2.60 bits per heavy atom. The summed E-state index contributed by atoms with van der Waals surface area (Å²) in [6, 6.07) is 1.92. The molecule has 0 atom stereocenters. The highest BCUT2D eigenvalue weighted by Crippen LogP contribution is 2.19. The molecule has 0 saturated carbocycles. The van der Waals surface area contributed by atoms with Gasteiger partial charge in [0.15, 0.2) is 0 Å². The van der Waals surface area contributed by atoms with Crippen molar-refractivity contribution in [1.82, 2.24) is 9.97 Å². The van der Waals surface area contributed by atoms with Crippen LogP contribution in [0.15, 0.2) is 6.07 Å². The highest BCUT2D eigenvalue weighted by atomic mass is 32.2. The number of anilines is 3. The van der Waals surface area contributed by atoms with Gasteiger partial charge in [0.1, 0.15) is 21.5 Å². The zero-order chi connectivity index (χ0) is 14.6. The number of nitrogen functional groups attached to an aromatic ring is 1. The first-order chi connectivity index (χ1) is 9.48. The van der Waals surface area contributed by atoms with Gasteiger partial charge in [-0.25, -0.2) is 8.42 Å². The van der Waals surface area contributed by atoms with Gasteiger partial charge in [-0.15, -0.1) is 0 Å². The quantitative estimate of drug-likeness (QED) is 0.740. The molecule has 2 heterocycles. The van der Waals surface area contributed by atoms with Gasteiger partial charge < -0.3 is 16.4 Å². The number of nitrogens with one attached hydrogen (secondary N) is 2. The largest absolute Gasteiger partial charge is 0.370 e. The summed E-state index contributed by atoms with van der Waals surface area (Å²) in [5.74, 6) is 1.99. The number of rotatable bonds is 5. The standard InChI is InChI=1S/C12H21N5O2S/c1-2-5-14-10-8-11(17-12(13)16-10)15-9-3-6-20(18,19)7-4-9/h8-9H,2-7H2,1H3,(H4,13,14,15,16,17). The van der Waals surface area contributed by atoms with Crippen LogP contribution in [0.5, 0.6) is 0 Å². The smallest absolute Gasteiger partial charge is 0.223 e. The number of nitrogens with two attached hydrogens (primary N) is 1. The molecule has 0 unspecified atom stereocenters.